The predicted molar refractivity (Wildman–Crippen MR) is 416 cm³/mol. The molecular formula is C68H76Cl4N20O16P4. The van der Waals surface area contributed by atoms with E-state index in [0.717, 1.165) is 22.3 Å². The van der Waals surface area contributed by atoms with E-state index in [1.54, 1.807) is 92.1 Å². The normalized spacial score (nSPS) is 22.5. The number of nitrogens with zero attached hydrogens (tertiary/aromatic N) is 16. The number of hydrogen-bond acceptors (Lipinski definition) is 32. The third kappa shape index (κ3) is 21.4. The van der Waals surface area contributed by atoms with Crippen LogP contribution in [0.4, 0.5) is 23.3 Å². The van der Waals surface area contributed by atoms with E-state index in [9.17, 15) is 18.3 Å². The number of ether oxygens (including phenoxy) is 4. The Kier molecular flexibility index (Phi) is 27.7. The summed E-state index contributed by atoms with van der Waals surface area (Å²) in [5, 5.41) is 2.43. The van der Waals surface area contributed by atoms with Crippen LogP contribution in [0.15, 0.2) is 148 Å². The molecule has 0 radical (unpaired) electrons. The predicted octanol–water partition coefficient (Wildman–Crippen LogP) is 13.6. The maximum Gasteiger partial charge on any atom is 0.356 e. The van der Waals surface area contributed by atoms with Gasteiger partial charge in [-0.05, 0) is 70.8 Å². The van der Waals surface area contributed by atoms with E-state index in [4.69, 9.17) is 124 Å². The number of aromatic nitrogens is 16. The Morgan fingerprint density at radius 1 is 0.339 bits per heavy atom. The molecule has 592 valence electrons. The lowest BCUT2D eigenvalue weighted by molar-refractivity contribution is 0.0559. The fourth-order valence-corrected chi connectivity index (χ4v) is 18.9. The standard InChI is InChI=1S/4C17H19ClN5O4P/c4*18-13-3-1-2-12(8-13)14-4-6-26-28(24,27-14)11-25-7-5-23-10-22-15-16(19)20-9-21-17(15)23/h4*1-3,8-10,14H,4-7,11H2,(H2,19,20,21)/t14-,28?;14-,28+;2*14-,28-/m1010/s1. The summed E-state index contributed by atoms with van der Waals surface area (Å²) in [6.45, 7) is 4.33. The summed E-state index contributed by atoms with van der Waals surface area (Å²) in [7, 11) is -13.4. The quantitative estimate of drug-likeness (QED) is 0.0322. The smallest absolute Gasteiger partial charge is 0.356 e. The van der Waals surface area contributed by atoms with Crippen molar-refractivity contribution < 1.29 is 73.4 Å². The summed E-state index contributed by atoms with van der Waals surface area (Å²) in [4.78, 5) is 49.1. The molecule has 4 saturated heterocycles. The molecule has 8 N–H and O–H groups in total. The lowest BCUT2D eigenvalue weighted by atomic mass is 10.1. The number of imidazole rings is 4. The first-order chi connectivity index (χ1) is 54.2. The van der Waals surface area contributed by atoms with Gasteiger partial charge in [-0.25, -0.2) is 59.8 Å². The lowest BCUT2D eigenvalue weighted by Gasteiger charge is -2.30. The highest BCUT2D eigenvalue weighted by atomic mass is 35.5. The van der Waals surface area contributed by atoms with Crippen molar-refractivity contribution in [1.82, 2.24) is 78.1 Å². The van der Waals surface area contributed by atoms with Gasteiger partial charge in [-0.15, -0.1) is 0 Å². The van der Waals surface area contributed by atoms with Gasteiger partial charge in [0.15, 0.2) is 45.9 Å². The third-order valence-corrected chi connectivity index (χ3v) is 24.9. The second-order valence-electron chi connectivity index (χ2n) is 25.2. The van der Waals surface area contributed by atoms with Crippen LogP contribution >= 0.6 is 76.8 Å². The van der Waals surface area contributed by atoms with E-state index in [-0.39, 0.29) is 76.2 Å². The monoisotopic (exact) mass is 1690 g/mol. The zero-order chi connectivity index (χ0) is 78.2. The van der Waals surface area contributed by atoms with Crippen molar-refractivity contribution in [2.45, 2.75) is 76.3 Å². The topological polar surface area (TPSA) is 458 Å². The van der Waals surface area contributed by atoms with Crippen LogP contribution in [0.1, 0.15) is 72.4 Å². The molecule has 4 aliphatic heterocycles. The number of rotatable bonds is 24. The average molecular weight is 1700 g/mol. The highest BCUT2D eigenvalue weighted by Crippen LogP contribution is 2.59. The van der Waals surface area contributed by atoms with Gasteiger partial charge in [0.2, 0.25) is 0 Å². The van der Waals surface area contributed by atoms with Gasteiger partial charge in [0.25, 0.3) is 0 Å². The van der Waals surface area contributed by atoms with E-state index in [1.165, 1.54) is 25.3 Å². The molecule has 112 heavy (non-hydrogen) atoms. The summed E-state index contributed by atoms with van der Waals surface area (Å²) >= 11 is 24.1. The van der Waals surface area contributed by atoms with Crippen molar-refractivity contribution in [2.24, 2.45) is 0 Å². The molecule has 0 amide bonds. The molecule has 1 unspecified atom stereocenters. The van der Waals surface area contributed by atoms with Crippen molar-refractivity contribution in [2.75, 3.05) is 101 Å². The first-order valence-electron chi connectivity index (χ1n) is 34.8. The molecule has 12 heterocycles. The van der Waals surface area contributed by atoms with Crippen LogP contribution in [-0.4, -0.2) is 156 Å². The number of anilines is 4. The maximum absolute atomic E-state index is 12.9. The number of nitrogens with two attached hydrogens (primary N) is 4. The number of nitrogen functional groups attached to an aromatic ring is 4. The van der Waals surface area contributed by atoms with Crippen LogP contribution in [0.5, 0.6) is 0 Å². The molecule has 4 aromatic carbocycles. The Morgan fingerprint density at radius 2 is 0.562 bits per heavy atom. The van der Waals surface area contributed by atoms with Crippen molar-refractivity contribution >= 4 is 145 Å². The van der Waals surface area contributed by atoms with Gasteiger partial charge in [-0.3, -0.25) is 36.4 Å². The maximum atomic E-state index is 12.9. The fourth-order valence-electron chi connectivity index (χ4n) is 11.9. The van der Waals surface area contributed by atoms with Crippen LogP contribution < -0.4 is 22.9 Å². The molecule has 0 bridgehead atoms. The van der Waals surface area contributed by atoms with E-state index in [2.05, 4.69) is 59.8 Å². The minimum absolute atomic E-state index is 0.131. The van der Waals surface area contributed by atoms with Gasteiger partial charge < -0.3 is 78.2 Å². The zero-order valence-electron chi connectivity index (χ0n) is 59.6. The largest absolute Gasteiger partial charge is 0.382 e. The summed E-state index contributed by atoms with van der Waals surface area (Å²) < 4.78 is 125. The van der Waals surface area contributed by atoms with Crippen molar-refractivity contribution in [3.63, 3.8) is 0 Å². The first-order valence-corrected chi connectivity index (χ1v) is 43.2. The molecule has 16 rings (SSSR count). The molecule has 44 heteroatoms. The summed E-state index contributed by atoms with van der Waals surface area (Å²) in [5.41, 5.74) is 31.2. The fraction of sp³-hybridized carbons (Fsp3) is 0.353. The molecule has 36 nitrogen and oxygen atoms in total. The number of benzene rings is 4. The Balaban J connectivity index is 0.000000131. The third-order valence-electron chi connectivity index (χ3n) is 17.3. The van der Waals surface area contributed by atoms with Gasteiger partial charge in [0.05, 0.1) is 103 Å². The number of hydrogen-bond donors (Lipinski definition) is 4. The highest BCUT2D eigenvalue weighted by molar-refractivity contribution is 7.54. The van der Waals surface area contributed by atoms with E-state index in [1.807, 2.05) is 48.5 Å². The van der Waals surface area contributed by atoms with Crippen LogP contribution in [0, 0.1) is 0 Å². The molecule has 4 aliphatic rings. The molecule has 0 spiro atoms. The lowest BCUT2D eigenvalue weighted by Crippen LogP contribution is -2.17. The average Bonchev–Trinajstić information content (AvgIpc) is 1.70. The second kappa shape index (κ2) is 37.9. The Morgan fingerprint density at radius 3 is 0.777 bits per heavy atom. The zero-order valence-corrected chi connectivity index (χ0v) is 66.2. The van der Waals surface area contributed by atoms with Gasteiger partial charge in [0, 0.05) is 72.0 Å². The molecule has 4 fully saturated rings. The molecule has 0 saturated carbocycles. The number of halogens is 4. The molecule has 0 aliphatic carbocycles. The second-order valence-corrected chi connectivity index (χ2v) is 34.7. The minimum atomic E-state index is -3.35. The Labute approximate surface area is 659 Å². The molecule has 8 aromatic heterocycles. The minimum Gasteiger partial charge on any atom is -0.382 e. The van der Waals surface area contributed by atoms with Gasteiger partial charge in [-0.2, -0.15) is 0 Å². The van der Waals surface area contributed by atoms with Crippen molar-refractivity contribution in [3.05, 3.63) is 190 Å². The van der Waals surface area contributed by atoms with Crippen LogP contribution in [0.25, 0.3) is 44.7 Å². The van der Waals surface area contributed by atoms with Crippen LogP contribution in [0.2, 0.25) is 20.1 Å². The molecular weight excluding hydrogens is 1620 g/mol. The summed E-state index contributed by atoms with van der Waals surface area (Å²) in [6, 6.07) is 29.3. The van der Waals surface area contributed by atoms with Crippen LogP contribution in [0.3, 0.4) is 0 Å². The van der Waals surface area contributed by atoms with E-state index in [0.29, 0.717) is 166 Å². The van der Waals surface area contributed by atoms with Gasteiger partial charge in [-0.1, -0.05) is 94.9 Å². The summed E-state index contributed by atoms with van der Waals surface area (Å²) in [6.07, 6.45) is 12.5. The SMILES string of the molecule is Nc1ncnc2c1ncn2CCOCP1(=O)OCC[C@H](c2cccc(Cl)c2)O1.Nc1ncnc2c1ncn2CCOC[P@@]1(=O)OCC[C@@H](c2cccc(Cl)c2)O1.Nc1ncnc2c1ncn2CCOC[P@@]1(=O)OCC[C@H](c2cccc(Cl)c2)O1.Nc1ncnc2c1ncn2CCOC[P@]1(=O)OCC[C@@H](c2cccc(Cl)c2)O1. The van der Waals surface area contributed by atoms with Gasteiger partial charge >= 0.3 is 30.4 Å². The number of fused-ring (bicyclic) bond motifs is 4. The Hall–Kier alpha value is -8.12. The van der Waals surface area contributed by atoms with Gasteiger partial charge in [0.1, 0.15) is 72.8 Å². The molecule has 12 aromatic rings. The highest BCUT2D eigenvalue weighted by Gasteiger charge is 2.39. The Bertz CT molecular complexity index is 4770. The van der Waals surface area contributed by atoms with E-state index < -0.39 is 30.4 Å². The van der Waals surface area contributed by atoms with Crippen molar-refractivity contribution in [1.29, 1.82) is 0 Å². The van der Waals surface area contributed by atoms with Crippen LogP contribution in [-0.2, 0) is 99.6 Å². The summed E-state index contributed by atoms with van der Waals surface area (Å²) in [5.74, 6) is 1.30. The molecule has 8 atom stereocenters. The van der Waals surface area contributed by atoms with Crippen molar-refractivity contribution in [3.8, 4) is 0 Å². The first kappa shape index (κ1) is 81.9. The van der Waals surface area contributed by atoms with E-state index >= 15 is 0 Å².